The van der Waals surface area contributed by atoms with Gasteiger partial charge in [0, 0.05) is 31.3 Å². The van der Waals surface area contributed by atoms with Gasteiger partial charge in [-0.1, -0.05) is 30.3 Å². The van der Waals surface area contributed by atoms with Gasteiger partial charge in [-0.05, 0) is 25.2 Å². The number of likely N-dealkylation sites (tertiary alicyclic amines) is 1. The molecular weight excluding hydrogens is 393 g/mol. The minimum Gasteiger partial charge on any atom is -0.357 e. The Hall–Kier alpha value is -0.430. The smallest absolute Gasteiger partial charge is 0.193 e. The van der Waals surface area contributed by atoms with Crippen LogP contribution < -0.4 is 5.32 Å². The Morgan fingerprint density at radius 3 is 2.81 bits per heavy atom. The summed E-state index contributed by atoms with van der Waals surface area (Å²) in [6.45, 7) is 6.15. The van der Waals surface area contributed by atoms with Crippen LogP contribution in [-0.2, 0) is 0 Å². The molecular formula is C16H26IN3S. The lowest BCUT2D eigenvalue weighted by Gasteiger charge is -2.21. The Morgan fingerprint density at radius 2 is 2.14 bits per heavy atom. The summed E-state index contributed by atoms with van der Waals surface area (Å²) < 4.78 is 0. The highest BCUT2D eigenvalue weighted by atomic mass is 127. The lowest BCUT2D eigenvalue weighted by atomic mass is 9.99. The third-order valence-corrected chi connectivity index (χ3v) is 4.24. The van der Waals surface area contributed by atoms with Crippen LogP contribution in [0.3, 0.4) is 0 Å². The van der Waals surface area contributed by atoms with Crippen molar-refractivity contribution in [1.82, 2.24) is 10.2 Å². The summed E-state index contributed by atoms with van der Waals surface area (Å²) in [6.07, 6.45) is 3.35. The summed E-state index contributed by atoms with van der Waals surface area (Å²) in [4.78, 5) is 7.13. The first-order chi connectivity index (χ1) is 9.85. The Balaban J connectivity index is 0.00000220. The van der Waals surface area contributed by atoms with E-state index in [-0.39, 0.29) is 24.0 Å². The van der Waals surface area contributed by atoms with Crippen molar-refractivity contribution in [2.45, 2.75) is 19.3 Å². The quantitative estimate of drug-likeness (QED) is 0.343. The van der Waals surface area contributed by atoms with Crippen molar-refractivity contribution in [3.05, 3.63) is 35.9 Å². The third kappa shape index (κ3) is 5.70. The van der Waals surface area contributed by atoms with Gasteiger partial charge in [0.05, 0.1) is 6.54 Å². The van der Waals surface area contributed by atoms with Crippen molar-refractivity contribution >= 4 is 41.7 Å². The molecule has 0 amide bonds. The normalized spacial score (nSPS) is 18.5. The van der Waals surface area contributed by atoms with E-state index in [1.807, 2.05) is 11.8 Å². The fraction of sp³-hybridized carbons (Fsp3) is 0.562. The molecule has 1 saturated heterocycles. The predicted molar refractivity (Wildman–Crippen MR) is 105 cm³/mol. The molecule has 2 rings (SSSR count). The van der Waals surface area contributed by atoms with Crippen LogP contribution in [0.1, 0.15) is 24.8 Å². The SMILES string of the molecule is CCNC(=NCCSC)N1CCC(c2ccccc2)C1.I. The Kier molecular flexibility index (Phi) is 9.15. The van der Waals surface area contributed by atoms with Gasteiger partial charge >= 0.3 is 0 Å². The van der Waals surface area contributed by atoms with Crippen LogP contribution >= 0.6 is 35.7 Å². The fourth-order valence-electron chi connectivity index (χ4n) is 2.62. The van der Waals surface area contributed by atoms with Crippen LogP contribution in [0.25, 0.3) is 0 Å². The minimum absolute atomic E-state index is 0. The molecule has 1 heterocycles. The Morgan fingerprint density at radius 1 is 1.38 bits per heavy atom. The molecule has 1 atom stereocenters. The molecule has 1 aromatic rings. The average molecular weight is 419 g/mol. The number of benzene rings is 1. The molecule has 1 unspecified atom stereocenters. The van der Waals surface area contributed by atoms with Crippen LogP contribution in [0.15, 0.2) is 35.3 Å². The van der Waals surface area contributed by atoms with Crippen molar-refractivity contribution in [1.29, 1.82) is 0 Å². The lowest BCUT2D eigenvalue weighted by molar-refractivity contribution is 0.487. The van der Waals surface area contributed by atoms with Crippen LogP contribution in [0, 0.1) is 0 Å². The second-order valence-corrected chi connectivity index (χ2v) is 6.06. The molecule has 0 aromatic heterocycles. The summed E-state index contributed by atoms with van der Waals surface area (Å²) in [5, 5.41) is 3.42. The largest absolute Gasteiger partial charge is 0.357 e. The van der Waals surface area contributed by atoms with Gasteiger partial charge in [-0.25, -0.2) is 0 Å². The molecule has 1 aliphatic rings. The van der Waals surface area contributed by atoms with Gasteiger partial charge in [-0.2, -0.15) is 11.8 Å². The van der Waals surface area contributed by atoms with E-state index < -0.39 is 0 Å². The zero-order valence-corrected chi connectivity index (χ0v) is 16.1. The predicted octanol–water partition coefficient (Wildman–Crippen LogP) is 3.42. The van der Waals surface area contributed by atoms with Crippen LogP contribution in [0.5, 0.6) is 0 Å². The molecule has 0 bridgehead atoms. The molecule has 0 spiro atoms. The summed E-state index contributed by atoms with van der Waals surface area (Å²) in [5.74, 6) is 2.81. The molecule has 0 radical (unpaired) electrons. The number of hydrogen-bond acceptors (Lipinski definition) is 2. The van der Waals surface area contributed by atoms with Crippen molar-refractivity contribution in [3.63, 3.8) is 0 Å². The molecule has 1 fully saturated rings. The summed E-state index contributed by atoms with van der Waals surface area (Å²) in [7, 11) is 0. The Bertz CT molecular complexity index is 425. The number of rotatable bonds is 5. The fourth-order valence-corrected chi connectivity index (χ4v) is 2.89. The second kappa shape index (κ2) is 10.3. The van der Waals surface area contributed by atoms with Gasteiger partial charge in [0.2, 0.25) is 0 Å². The molecule has 3 nitrogen and oxygen atoms in total. The van der Waals surface area contributed by atoms with E-state index in [1.54, 1.807) is 0 Å². The summed E-state index contributed by atoms with van der Waals surface area (Å²) >= 11 is 1.85. The molecule has 1 N–H and O–H groups in total. The number of nitrogens with one attached hydrogen (secondary N) is 1. The summed E-state index contributed by atoms with van der Waals surface area (Å²) in [5.41, 5.74) is 1.45. The maximum absolute atomic E-state index is 4.72. The molecule has 0 aliphatic carbocycles. The van der Waals surface area contributed by atoms with E-state index in [4.69, 9.17) is 4.99 Å². The van der Waals surface area contributed by atoms with E-state index in [2.05, 4.69) is 53.7 Å². The number of aliphatic imine (C=N–C) groups is 1. The molecule has 1 aliphatic heterocycles. The van der Waals surface area contributed by atoms with Gasteiger partial charge in [-0.3, -0.25) is 4.99 Å². The van der Waals surface area contributed by atoms with Gasteiger partial charge in [0.25, 0.3) is 0 Å². The number of guanidine groups is 1. The highest BCUT2D eigenvalue weighted by molar-refractivity contribution is 14.0. The molecule has 1 aromatic carbocycles. The van der Waals surface area contributed by atoms with E-state index in [1.165, 1.54) is 12.0 Å². The molecule has 118 valence electrons. The minimum atomic E-state index is 0. The average Bonchev–Trinajstić information content (AvgIpc) is 2.97. The second-order valence-electron chi connectivity index (χ2n) is 5.07. The number of nitrogens with zero attached hydrogens (tertiary/aromatic N) is 2. The number of thioether (sulfide) groups is 1. The first kappa shape index (κ1) is 18.6. The first-order valence-electron chi connectivity index (χ1n) is 7.42. The maximum atomic E-state index is 4.72. The molecule has 0 saturated carbocycles. The van der Waals surface area contributed by atoms with E-state index in [0.717, 1.165) is 37.9 Å². The van der Waals surface area contributed by atoms with E-state index in [0.29, 0.717) is 5.92 Å². The zero-order chi connectivity index (χ0) is 14.2. The topological polar surface area (TPSA) is 27.6 Å². The highest BCUT2D eigenvalue weighted by Gasteiger charge is 2.25. The number of halogens is 1. The summed E-state index contributed by atoms with van der Waals surface area (Å²) in [6, 6.07) is 10.8. The third-order valence-electron chi connectivity index (χ3n) is 3.65. The van der Waals surface area contributed by atoms with Crippen LogP contribution in [0.4, 0.5) is 0 Å². The van der Waals surface area contributed by atoms with Crippen molar-refractivity contribution < 1.29 is 0 Å². The highest BCUT2D eigenvalue weighted by Crippen LogP contribution is 2.26. The van der Waals surface area contributed by atoms with Gasteiger partial charge in [0.15, 0.2) is 5.96 Å². The van der Waals surface area contributed by atoms with Crippen LogP contribution in [0.2, 0.25) is 0 Å². The molecule has 5 heteroatoms. The zero-order valence-electron chi connectivity index (χ0n) is 12.9. The van der Waals surface area contributed by atoms with Crippen molar-refractivity contribution in [2.75, 3.05) is 38.2 Å². The van der Waals surface area contributed by atoms with E-state index in [9.17, 15) is 0 Å². The molecule has 21 heavy (non-hydrogen) atoms. The van der Waals surface area contributed by atoms with Gasteiger partial charge < -0.3 is 10.2 Å². The van der Waals surface area contributed by atoms with Crippen molar-refractivity contribution in [2.24, 2.45) is 4.99 Å². The van der Waals surface area contributed by atoms with Crippen molar-refractivity contribution in [3.8, 4) is 0 Å². The number of hydrogen-bond donors (Lipinski definition) is 1. The van der Waals surface area contributed by atoms with Gasteiger partial charge in [-0.15, -0.1) is 24.0 Å². The standard InChI is InChI=1S/C16H25N3S.HI/c1-3-17-16(18-10-12-20-2)19-11-9-15(13-19)14-7-5-4-6-8-14;/h4-8,15H,3,9-13H2,1-2H3,(H,17,18);1H. The lowest BCUT2D eigenvalue weighted by Crippen LogP contribution is -2.40. The monoisotopic (exact) mass is 419 g/mol. The maximum Gasteiger partial charge on any atom is 0.193 e. The van der Waals surface area contributed by atoms with E-state index >= 15 is 0 Å². The van der Waals surface area contributed by atoms with Gasteiger partial charge in [0.1, 0.15) is 0 Å². The first-order valence-corrected chi connectivity index (χ1v) is 8.81. The Labute approximate surface area is 150 Å². The van der Waals surface area contributed by atoms with Crippen LogP contribution in [-0.4, -0.2) is 49.0 Å².